The summed E-state index contributed by atoms with van der Waals surface area (Å²) in [5, 5.41) is 0. The van der Waals surface area contributed by atoms with Crippen molar-refractivity contribution in [2.45, 2.75) is 12.6 Å². The molecule has 1 aromatic carbocycles. The van der Waals surface area contributed by atoms with Crippen LogP contribution in [0.15, 0.2) is 36.7 Å². The van der Waals surface area contributed by atoms with Gasteiger partial charge in [-0.1, -0.05) is 0 Å². The average Bonchev–Trinajstić information content (AvgIpc) is 3.24. The first-order valence-corrected chi connectivity index (χ1v) is 11.2. The van der Waals surface area contributed by atoms with Crippen molar-refractivity contribution in [2.24, 2.45) is 0 Å². The molecular formula is C24H24F3N5O3. The molecule has 1 saturated heterocycles. The summed E-state index contributed by atoms with van der Waals surface area (Å²) in [4.78, 5) is 33.9. The Morgan fingerprint density at radius 1 is 1.11 bits per heavy atom. The van der Waals surface area contributed by atoms with Crippen molar-refractivity contribution >= 4 is 23.1 Å². The third-order valence-electron chi connectivity index (χ3n) is 6.54. The number of benzene rings is 1. The van der Waals surface area contributed by atoms with E-state index >= 15 is 0 Å². The van der Waals surface area contributed by atoms with E-state index in [1.165, 1.54) is 7.11 Å². The summed E-state index contributed by atoms with van der Waals surface area (Å²) in [7, 11) is 3.19. The number of halogens is 3. The molecule has 0 aliphatic carbocycles. The maximum absolute atomic E-state index is 12.9. The van der Waals surface area contributed by atoms with Crippen LogP contribution in [0.2, 0.25) is 0 Å². The smallest absolute Gasteiger partial charge is 0.406 e. The number of pyridine rings is 1. The third kappa shape index (κ3) is 4.26. The van der Waals surface area contributed by atoms with Gasteiger partial charge in [0.05, 0.1) is 31.1 Å². The number of methoxy groups -OCH3 is 1. The standard InChI is InChI=1S/C24H24F3N5O3/c1-29-7-8-30(13-21(29)33)17-4-6-32-18(12-28-20(32)11-17)16-9-15-3-5-31(14-24(25,26)27)23(34)22(15)19(10-16)35-2/h4,6,9-12H,3,5,7-8,13-14H2,1-2H3. The predicted octanol–water partition coefficient (Wildman–Crippen LogP) is 2.85. The monoisotopic (exact) mass is 487 g/mol. The van der Waals surface area contributed by atoms with Crippen LogP contribution < -0.4 is 9.64 Å². The van der Waals surface area contributed by atoms with Crippen molar-refractivity contribution in [1.82, 2.24) is 19.2 Å². The average molecular weight is 487 g/mol. The number of carbonyl (C=O) groups is 2. The minimum Gasteiger partial charge on any atom is -0.496 e. The fourth-order valence-electron chi connectivity index (χ4n) is 4.66. The van der Waals surface area contributed by atoms with Crippen LogP contribution in [-0.4, -0.2) is 84.1 Å². The number of carbonyl (C=O) groups excluding carboxylic acids is 2. The fourth-order valence-corrected chi connectivity index (χ4v) is 4.66. The second kappa shape index (κ2) is 8.47. The van der Waals surface area contributed by atoms with Crippen molar-refractivity contribution in [3.8, 4) is 17.0 Å². The van der Waals surface area contributed by atoms with E-state index in [9.17, 15) is 22.8 Å². The number of rotatable bonds is 4. The summed E-state index contributed by atoms with van der Waals surface area (Å²) in [5.74, 6) is -0.391. The van der Waals surface area contributed by atoms with E-state index in [2.05, 4.69) is 4.98 Å². The van der Waals surface area contributed by atoms with Crippen molar-refractivity contribution in [3.63, 3.8) is 0 Å². The molecule has 0 unspecified atom stereocenters. The number of hydrogen-bond acceptors (Lipinski definition) is 5. The zero-order valence-electron chi connectivity index (χ0n) is 19.3. The molecule has 0 radical (unpaired) electrons. The highest BCUT2D eigenvalue weighted by Crippen LogP contribution is 2.35. The number of alkyl halides is 3. The van der Waals surface area contributed by atoms with Crippen molar-refractivity contribution < 1.29 is 27.5 Å². The van der Waals surface area contributed by atoms with Gasteiger partial charge in [-0.25, -0.2) is 4.98 Å². The van der Waals surface area contributed by atoms with Gasteiger partial charge < -0.3 is 19.4 Å². The van der Waals surface area contributed by atoms with Gasteiger partial charge in [0.1, 0.15) is 17.9 Å². The van der Waals surface area contributed by atoms with E-state index < -0.39 is 18.6 Å². The number of anilines is 1. The van der Waals surface area contributed by atoms with Crippen LogP contribution >= 0.6 is 0 Å². The molecule has 2 aliphatic heterocycles. The second-order valence-corrected chi connectivity index (χ2v) is 8.80. The largest absolute Gasteiger partial charge is 0.496 e. The molecule has 2 aromatic heterocycles. The lowest BCUT2D eigenvalue weighted by molar-refractivity contribution is -0.141. The molecule has 0 spiro atoms. The fraction of sp³-hybridized carbons (Fsp3) is 0.375. The summed E-state index contributed by atoms with van der Waals surface area (Å²) in [6.07, 6.45) is -0.596. The summed E-state index contributed by atoms with van der Waals surface area (Å²) in [6, 6.07) is 7.31. The Labute approximate surface area is 199 Å². The van der Waals surface area contributed by atoms with Gasteiger partial charge >= 0.3 is 6.18 Å². The highest BCUT2D eigenvalue weighted by molar-refractivity contribution is 6.00. The van der Waals surface area contributed by atoms with E-state index in [1.54, 1.807) is 24.2 Å². The SMILES string of the molecule is COc1cc(-c2cnc3cc(N4CCN(C)C(=O)C4)ccn23)cc2c1C(=O)N(CC(F)(F)F)CC2. The third-order valence-corrected chi connectivity index (χ3v) is 6.54. The number of aromatic nitrogens is 2. The van der Waals surface area contributed by atoms with Gasteiger partial charge in [0.2, 0.25) is 5.91 Å². The lowest BCUT2D eigenvalue weighted by atomic mass is 9.94. The van der Waals surface area contributed by atoms with Crippen molar-refractivity contribution in [1.29, 1.82) is 0 Å². The second-order valence-electron chi connectivity index (χ2n) is 8.80. The molecule has 184 valence electrons. The minimum atomic E-state index is -4.47. The molecule has 0 bridgehead atoms. The van der Waals surface area contributed by atoms with Gasteiger partial charge in [-0.2, -0.15) is 13.2 Å². The van der Waals surface area contributed by atoms with Crippen LogP contribution in [0, 0.1) is 0 Å². The molecule has 5 rings (SSSR count). The molecule has 8 nitrogen and oxygen atoms in total. The maximum Gasteiger partial charge on any atom is 0.406 e. The predicted molar refractivity (Wildman–Crippen MR) is 123 cm³/mol. The molecule has 35 heavy (non-hydrogen) atoms. The van der Waals surface area contributed by atoms with Gasteiger partial charge in [0, 0.05) is 50.2 Å². The summed E-state index contributed by atoms with van der Waals surface area (Å²) < 4.78 is 46.0. The molecule has 2 amide bonds. The summed E-state index contributed by atoms with van der Waals surface area (Å²) in [5.41, 5.74) is 3.90. The molecule has 4 heterocycles. The topological polar surface area (TPSA) is 70.4 Å². The maximum atomic E-state index is 12.9. The zero-order chi connectivity index (χ0) is 24.9. The Kier molecular flexibility index (Phi) is 5.57. The van der Waals surface area contributed by atoms with Gasteiger partial charge in [0.25, 0.3) is 5.91 Å². The minimum absolute atomic E-state index is 0.0157. The van der Waals surface area contributed by atoms with E-state index in [-0.39, 0.29) is 23.8 Å². The molecule has 1 fully saturated rings. The molecule has 11 heteroatoms. The molecule has 0 saturated carbocycles. The van der Waals surface area contributed by atoms with Gasteiger partial charge in [-0.3, -0.25) is 14.0 Å². The first kappa shape index (κ1) is 23.0. The van der Waals surface area contributed by atoms with Crippen LogP contribution in [0.3, 0.4) is 0 Å². The van der Waals surface area contributed by atoms with Crippen LogP contribution in [0.5, 0.6) is 5.75 Å². The number of imidazole rings is 1. The number of fused-ring (bicyclic) bond motifs is 2. The number of likely N-dealkylation sites (N-methyl/N-ethyl adjacent to an activating group) is 1. The van der Waals surface area contributed by atoms with Crippen LogP contribution in [0.4, 0.5) is 18.9 Å². The first-order chi connectivity index (χ1) is 16.6. The van der Waals surface area contributed by atoms with Crippen LogP contribution in [-0.2, 0) is 11.2 Å². The molecule has 2 aliphatic rings. The van der Waals surface area contributed by atoms with Gasteiger partial charge in [0.15, 0.2) is 0 Å². The lowest BCUT2D eigenvalue weighted by Crippen LogP contribution is -2.48. The van der Waals surface area contributed by atoms with Crippen molar-refractivity contribution in [3.05, 3.63) is 47.8 Å². The highest BCUT2D eigenvalue weighted by Gasteiger charge is 2.37. The normalized spacial score (nSPS) is 16.8. The number of ether oxygens (including phenoxy) is 1. The Hall–Kier alpha value is -3.76. The molecular weight excluding hydrogens is 463 g/mol. The van der Waals surface area contributed by atoms with Crippen LogP contribution in [0.1, 0.15) is 15.9 Å². The highest BCUT2D eigenvalue weighted by atomic mass is 19.4. The van der Waals surface area contributed by atoms with Crippen molar-refractivity contribution in [2.75, 3.05) is 51.8 Å². The number of piperazine rings is 1. The van der Waals surface area contributed by atoms with E-state index in [4.69, 9.17) is 4.74 Å². The zero-order valence-corrected chi connectivity index (χ0v) is 19.3. The Morgan fingerprint density at radius 3 is 2.63 bits per heavy atom. The Morgan fingerprint density at radius 2 is 1.91 bits per heavy atom. The van der Waals surface area contributed by atoms with E-state index in [1.807, 2.05) is 33.7 Å². The van der Waals surface area contributed by atoms with E-state index in [0.717, 1.165) is 28.4 Å². The van der Waals surface area contributed by atoms with Gasteiger partial charge in [-0.15, -0.1) is 0 Å². The summed E-state index contributed by atoms with van der Waals surface area (Å²) >= 11 is 0. The first-order valence-electron chi connectivity index (χ1n) is 11.2. The van der Waals surface area contributed by atoms with Gasteiger partial charge in [-0.05, 0) is 30.2 Å². The molecule has 3 aromatic rings. The number of amides is 2. The quantitative estimate of drug-likeness (QED) is 0.566. The lowest BCUT2D eigenvalue weighted by Gasteiger charge is -2.33. The molecule has 0 atom stereocenters. The number of hydrogen-bond donors (Lipinski definition) is 0. The molecule has 0 N–H and O–H groups in total. The Bertz CT molecular complexity index is 1300. The Balaban J connectivity index is 1.48. The number of nitrogens with zero attached hydrogens (tertiary/aromatic N) is 5. The van der Waals surface area contributed by atoms with Crippen LogP contribution in [0.25, 0.3) is 16.9 Å². The van der Waals surface area contributed by atoms with E-state index in [0.29, 0.717) is 30.7 Å². The summed E-state index contributed by atoms with van der Waals surface area (Å²) in [6.45, 7) is 0.385.